The van der Waals surface area contributed by atoms with E-state index < -0.39 is 36.9 Å². The van der Waals surface area contributed by atoms with Gasteiger partial charge < -0.3 is 25.8 Å². The summed E-state index contributed by atoms with van der Waals surface area (Å²) in [7, 11) is 0. The molecule has 2 rings (SSSR count). The van der Waals surface area contributed by atoms with Crippen molar-refractivity contribution in [1.82, 2.24) is 4.90 Å². The summed E-state index contributed by atoms with van der Waals surface area (Å²) in [5.41, 5.74) is 5.26. The number of carboxylic acids is 1. The molecule has 1 atom stereocenters. The van der Waals surface area contributed by atoms with Crippen LogP contribution >= 0.6 is 0 Å². The second-order valence-corrected chi connectivity index (χ2v) is 5.83. The predicted molar refractivity (Wildman–Crippen MR) is 87.4 cm³/mol. The number of halogens is 2. The molecule has 8 nitrogen and oxygen atoms in total. The topological polar surface area (TPSA) is 122 Å². The maximum absolute atomic E-state index is 12.4. The second kappa shape index (κ2) is 8.45. The number of hydrogen-bond donors (Lipinski definition) is 3. The van der Waals surface area contributed by atoms with E-state index in [0.29, 0.717) is 19.4 Å². The Morgan fingerprint density at radius 1 is 1.38 bits per heavy atom. The maximum atomic E-state index is 12.4. The summed E-state index contributed by atoms with van der Waals surface area (Å²) in [5.74, 6) is -2.46. The molecule has 1 aliphatic heterocycles. The van der Waals surface area contributed by atoms with Crippen molar-refractivity contribution in [3.63, 3.8) is 0 Å². The lowest BCUT2D eigenvalue weighted by Crippen LogP contribution is -2.44. The lowest BCUT2D eigenvalue weighted by atomic mass is 9.99. The van der Waals surface area contributed by atoms with Gasteiger partial charge in [-0.3, -0.25) is 9.59 Å². The largest absolute Gasteiger partial charge is 0.485 e. The van der Waals surface area contributed by atoms with E-state index in [0.717, 1.165) is 0 Å². The van der Waals surface area contributed by atoms with Crippen molar-refractivity contribution >= 4 is 23.6 Å². The van der Waals surface area contributed by atoms with Gasteiger partial charge in [0.2, 0.25) is 5.91 Å². The zero-order chi connectivity index (χ0) is 19.3. The third-order valence-electron chi connectivity index (χ3n) is 3.93. The standard InChI is InChI=1S/C16H19F2N3O5/c17-13(18)8-26-12-4-3-9(14(19)22)6-11(12)20-16(25)21-5-1-2-10(7-21)15(23)24/h3-4,6,10,13H,1-2,5,7-8H2,(H2,19,22)(H,20,25)(H,23,24). The van der Waals surface area contributed by atoms with E-state index in [2.05, 4.69) is 5.32 Å². The van der Waals surface area contributed by atoms with Gasteiger partial charge in [-0.25, -0.2) is 13.6 Å². The average molecular weight is 371 g/mol. The first kappa shape index (κ1) is 19.4. The van der Waals surface area contributed by atoms with Crippen LogP contribution in [0.25, 0.3) is 0 Å². The monoisotopic (exact) mass is 371 g/mol. The molecular weight excluding hydrogens is 352 g/mol. The maximum Gasteiger partial charge on any atom is 0.321 e. The highest BCUT2D eigenvalue weighted by Crippen LogP contribution is 2.27. The Kier molecular flexibility index (Phi) is 6.31. The van der Waals surface area contributed by atoms with Crippen LogP contribution in [0.5, 0.6) is 5.75 Å². The molecule has 0 bridgehead atoms. The van der Waals surface area contributed by atoms with Gasteiger partial charge in [0.15, 0.2) is 0 Å². The van der Waals surface area contributed by atoms with Crippen molar-refractivity contribution in [3.05, 3.63) is 23.8 Å². The Bertz CT molecular complexity index is 698. The van der Waals surface area contributed by atoms with Crippen LogP contribution in [0.1, 0.15) is 23.2 Å². The van der Waals surface area contributed by atoms with E-state index >= 15 is 0 Å². The minimum Gasteiger partial charge on any atom is -0.485 e. The number of nitrogens with one attached hydrogen (secondary N) is 1. The molecule has 4 N–H and O–H groups in total. The molecule has 1 fully saturated rings. The summed E-state index contributed by atoms with van der Waals surface area (Å²) in [5, 5.41) is 11.6. The summed E-state index contributed by atoms with van der Waals surface area (Å²) < 4.78 is 29.7. The molecule has 1 unspecified atom stereocenters. The zero-order valence-electron chi connectivity index (χ0n) is 13.8. The molecule has 1 aromatic carbocycles. The molecular formula is C16H19F2N3O5. The minimum absolute atomic E-state index is 0.00407. The Hall–Kier alpha value is -2.91. The highest BCUT2D eigenvalue weighted by atomic mass is 19.3. The first-order valence-electron chi connectivity index (χ1n) is 7.91. The number of piperidine rings is 1. The van der Waals surface area contributed by atoms with Gasteiger partial charge in [0.1, 0.15) is 12.4 Å². The number of hydrogen-bond acceptors (Lipinski definition) is 4. The van der Waals surface area contributed by atoms with E-state index in [-0.39, 0.29) is 23.5 Å². The van der Waals surface area contributed by atoms with Crippen LogP contribution in [-0.2, 0) is 4.79 Å². The molecule has 0 spiro atoms. The fourth-order valence-electron chi connectivity index (χ4n) is 2.62. The number of carbonyl (C=O) groups excluding carboxylic acids is 2. The Morgan fingerprint density at radius 3 is 2.73 bits per heavy atom. The predicted octanol–water partition coefficient (Wildman–Crippen LogP) is 1.76. The molecule has 26 heavy (non-hydrogen) atoms. The van der Waals surface area contributed by atoms with Gasteiger partial charge in [0.05, 0.1) is 11.6 Å². The second-order valence-electron chi connectivity index (χ2n) is 5.83. The summed E-state index contributed by atoms with van der Waals surface area (Å²) in [6, 6.07) is 3.16. The lowest BCUT2D eigenvalue weighted by molar-refractivity contribution is -0.143. The number of carboxylic acid groups (broad SMARTS) is 1. The van der Waals surface area contributed by atoms with Gasteiger partial charge >= 0.3 is 12.0 Å². The summed E-state index contributed by atoms with van der Waals surface area (Å²) in [6.45, 7) is -0.494. The average Bonchev–Trinajstić information content (AvgIpc) is 2.60. The summed E-state index contributed by atoms with van der Waals surface area (Å²) >= 11 is 0. The number of amides is 3. The minimum atomic E-state index is -2.72. The summed E-state index contributed by atoms with van der Waals surface area (Å²) in [4.78, 5) is 36.1. The molecule has 0 radical (unpaired) electrons. The van der Waals surface area contributed by atoms with E-state index in [1.807, 2.05) is 0 Å². The third-order valence-corrected chi connectivity index (χ3v) is 3.93. The molecule has 1 heterocycles. The van der Waals surface area contributed by atoms with E-state index in [4.69, 9.17) is 15.6 Å². The van der Waals surface area contributed by atoms with Crippen LogP contribution in [-0.4, -0.2) is 54.0 Å². The summed E-state index contributed by atoms with van der Waals surface area (Å²) in [6.07, 6.45) is -1.72. The molecule has 0 saturated carbocycles. The third kappa shape index (κ3) is 5.04. The van der Waals surface area contributed by atoms with E-state index in [9.17, 15) is 23.2 Å². The van der Waals surface area contributed by atoms with Crippen molar-refractivity contribution in [1.29, 1.82) is 0 Å². The van der Waals surface area contributed by atoms with Gasteiger partial charge in [-0.05, 0) is 31.0 Å². The number of urea groups is 1. The number of primary amides is 1. The highest BCUT2D eigenvalue weighted by molar-refractivity contribution is 5.97. The number of ether oxygens (including phenoxy) is 1. The number of anilines is 1. The van der Waals surface area contributed by atoms with Crippen molar-refractivity contribution in [2.24, 2.45) is 11.7 Å². The van der Waals surface area contributed by atoms with Crippen LogP contribution in [0.15, 0.2) is 18.2 Å². The Morgan fingerprint density at radius 2 is 2.12 bits per heavy atom. The number of likely N-dealkylation sites (tertiary alicyclic amines) is 1. The molecule has 142 valence electrons. The molecule has 1 aliphatic rings. The molecule has 3 amide bonds. The first-order valence-corrected chi connectivity index (χ1v) is 7.91. The number of nitrogens with zero attached hydrogens (tertiary/aromatic N) is 1. The molecule has 1 saturated heterocycles. The molecule has 10 heteroatoms. The lowest BCUT2D eigenvalue weighted by Gasteiger charge is -2.31. The van der Waals surface area contributed by atoms with Crippen molar-refractivity contribution < 1.29 is 33.0 Å². The van der Waals surface area contributed by atoms with Crippen LogP contribution < -0.4 is 15.8 Å². The van der Waals surface area contributed by atoms with Gasteiger partial charge in [0, 0.05) is 18.7 Å². The fraction of sp³-hybridized carbons (Fsp3) is 0.438. The fourth-order valence-corrected chi connectivity index (χ4v) is 2.62. The first-order chi connectivity index (χ1) is 12.3. The molecule has 0 aromatic heterocycles. The SMILES string of the molecule is NC(=O)c1ccc(OCC(F)F)c(NC(=O)N2CCCC(C(=O)O)C2)c1. The van der Waals surface area contributed by atoms with E-state index in [1.54, 1.807) is 0 Å². The van der Waals surface area contributed by atoms with Gasteiger partial charge in [0.25, 0.3) is 6.43 Å². The van der Waals surface area contributed by atoms with E-state index in [1.165, 1.54) is 23.1 Å². The normalized spacial score (nSPS) is 17.0. The zero-order valence-corrected chi connectivity index (χ0v) is 13.8. The quantitative estimate of drug-likeness (QED) is 0.703. The number of carbonyl (C=O) groups is 3. The van der Waals surface area contributed by atoms with Crippen molar-refractivity contribution in [2.75, 3.05) is 25.0 Å². The highest BCUT2D eigenvalue weighted by Gasteiger charge is 2.28. The number of alkyl halides is 2. The van der Waals surface area contributed by atoms with Gasteiger partial charge in [-0.2, -0.15) is 0 Å². The van der Waals surface area contributed by atoms with Crippen LogP contribution in [0.2, 0.25) is 0 Å². The number of nitrogens with two attached hydrogens (primary N) is 1. The smallest absolute Gasteiger partial charge is 0.321 e. The Labute approximate surface area is 147 Å². The van der Waals surface area contributed by atoms with Gasteiger partial charge in [-0.1, -0.05) is 0 Å². The molecule has 0 aliphatic carbocycles. The number of rotatable bonds is 6. The number of aliphatic carboxylic acids is 1. The van der Waals surface area contributed by atoms with Crippen molar-refractivity contribution in [2.45, 2.75) is 19.3 Å². The van der Waals surface area contributed by atoms with Crippen molar-refractivity contribution in [3.8, 4) is 5.75 Å². The van der Waals surface area contributed by atoms with Crippen LogP contribution in [0.4, 0.5) is 19.3 Å². The molecule has 1 aromatic rings. The van der Waals surface area contributed by atoms with Crippen LogP contribution in [0.3, 0.4) is 0 Å². The van der Waals surface area contributed by atoms with Gasteiger partial charge in [-0.15, -0.1) is 0 Å². The number of benzene rings is 1. The Balaban J connectivity index is 2.16. The van der Waals surface area contributed by atoms with Crippen LogP contribution in [0, 0.1) is 5.92 Å².